The molecule has 0 aromatic carbocycles. The predicted molar refractivity (Wildman–Crippen MR) is 94.9 cm³/mol. The molecule has 2 heterocycles. The van der Waals surface area contributed by atoms with Crippen LogP contribution < -0.4 is 5.32 Å². The van der Waals surface area contributed by atoms with Crippen LogP contribution in [0, 0.1) is 13.8 Å². The summed E-state index contributed by atoms with van der Waals surface area (Å²) in [6.07, 6.45) is 2.06. The summed E-state index contributed by atoms with van der Waals surface area (Å²) in [6, 6.07) is 0. The summed E-state index contributed by atoms with van der Waals surface area (Å²) in [4.78, 5) is 15.4. The first-order valence-corrected chi connectivity index (χ1v) is 9.08. The van der Waals surface area contributed by atoms with E-state index >= 15 is 0 Å². The number of nitrogens with zero attached hydrogens (tertiary/aromatic N) is 4. The second-order valence-electron chi connectivity index (χ2n) is 5.17. The quantitative estimate of drug-likeness (QED) is 0.500. The molecule has 0 amide bonds. The topological polar surface area (TPSA) is 53.4 Å². The van der Waals surface area contributed by atoms with Crippen LogP contribution in [0.25, 0.3) is 0 Å². The molecule has 0 saturated carbocycles. The molecule has 22 heavy (non-hydrogen) atoms. The van der Waals surface area contributed by atoms with Gasteiger partial charge in [-0.15, -0.1) is 22.7 Å². The Labute approximate surface area is 140 Å². The Morgan fingerprint density at radius 3 is 2.68 bits per heavy atom. The van der Waals surface area contributed by atoms with Gasteiger partial charge in [-0.25, -0.2) is 9.97 Å². The van der Waals surface area contributed by atoms with Crippen LogP contribution in [-0.4, -0.2) is 41.5 Å². The van der Waals surface area contributed by atoms with Crippen molar-refractivity contribution in [3.05, 3.63) is 32.2 Å². The molecule has 0 aliphatic heterocycles. The fraction of sp³-hybridized carbons (Fsp3) is 0.533. The van der Waals surface area contributed by atoms with E-state index in [4.69, 9.17) is 0 Å². The molecule has 0 fully saturated rings. The lowest BCUT2D eigenvalue weighted by Gasteiger charge is -2.21. The SMILES string of the molecule is CN=C(NCCCc1nc(C)cs1)N(C)Cc1csc(C)n1. The maximum absolute atomic E-state index is 4.49. The van der Waals surface area contributed by atoms with Gasteiger partial charge in [-0.05, 0) is 20.3 Å². The molecule has 0 aliphatic carbocycles. The molecular formula is C15H23N5S2. The van der Waals surface area contributed by atoms with Crippen molar-refractivity contribution in [1.29, 1.82) is 0 Å². The Hall–Kier alpha value is -1.47. The Bertz CT molecular complexity index is 617. The summed E-state index contributed by atoms with van der Waals surface area (Å²) in [5, 5.41) is 9.92. The average Bonchev–Trinajstić information content (AvgIpc) is 3.07. The lowest BCUT2D eigenvalue weighted by atomic mass is 10.3. The zero-order chi connectivity index (χ0) is 15.9. The number of thiazole rings is 2. The van der Waals surface area contributed by atoms with Gasteiger partial charge in [0, 0.05) is 43.5 Å². The van der Waals surface area contributed by atoms with Crippen LogP contribution in [0.2, 0.25) is 0 Å². The first kappa shape index (κ1) is 16.9. The Morgan fingerprint density at radius 1 is 1.27 bits per heavy atom. The second-order valence-corrected chi connectivity index (χ2v) is 7.18. The van der Waals surface area contributed by atoms with Gasteiger partial charge in [0.25, 0.3) is 0 Å². The fourth-order valence-corrected chi connectivity index (χ4v) is 3.56. The van der Waals surface area contributed by atoms with Gasteiger partial charge < -0.3 is 10.2 Å². The van der Waals surface area contributed by atoms with E-state index in [0.29, 0.717) is 0 Å². The van der Waals surface area contributed by atoms with E-state index < -0.39 is 0 Å². The van der Waals surface area contributed by atoms with E-state index in [-0.39, 0.29) is 0 Å². The van der Waals surface area contributed by atoms with Crippen LogP contribution in [0.3, 0.4) is 0 Å². The van der Waals surface area contributed by atoms with Crippen molar-refractivity contribution >= 4 is 28.6 Å². The van der Waals surface area contributed by atoms with Gasteiger partial charge in [0.1, 0.15) is 0 Å². The minimum Gasteiger partial charge on any atom is -0.356 e. The molecule has 0 bridgehead atoms. The minimum atomic E-state index is 0.774. The standard InChI is InChI=1S/C15H23N5S2/c1-11-9-22-14(18-11)6-5-7-17-15(16-3)20(4)8-13-10-21-12(2)19-13/h9-10H,5-8H2,1-4H3,(H,16,17). The molecule has 0 aliphatic rings. The van der Waals surface area contributed by atoms with Crippen molar-refractivity contribution in [3.63, 3.8) is 0 Å². The number of rotatable bonds is 6. The molecule has 0 radical (unpaired) electrons. The van der Waals surface area contributed by atoms with Gasteiger partial charge in [0.15, 0.2) is 5.96 Å². The van der Waals surface area contributed by atoms with Crippen molar-refractivity contribution in [1.82, 2.24) is 20.2 Å². The zero-order valence-electron chi connectivity index (χ0n) is 13.6. The second kappa shape index (κ2) is 8.24. The number of aromatic nitrogens is 2. The highest BCUT2D eigenvalue weighted by Crippen LogP contribution is 2.11. The fourth-order valence-electron chi connectivity index (χ4n) is 2.14. The summed E-state index contributed by atoms with van der Waals surface area (Å²) in [6.45, 7) is 5.73. The molecule has 120 valence electrons. The Balaban J connectivity index is 1.74. The van der Waals surface area contributed by atoms with Crippen molar-refractivity contribution in [3.8, 4) is 0 Å². The van der Waals surface area contributed by atoms with Crippen LogP contribution >= 0.6 is 22.7 Å². The summed E-state index contributed by atoms with van der Waals surface area (Å²) in [5.41, 5.74) is 2.20. The third-order valence-corrected chi connectivity index (χ3v) is 5.00. The average molecular weight is 338 g/mol. The van der Waals surface area contributed by atoms with Crippen LogP contribution in [-0.2, 0) is 13.0 Å². The lowest BCUT2D eigenvalue weighted by Crippen LogP contribution is -2.39. The molecule has 0 spiro atoms. The highest BCUT2D eigenvalue weighted by atomic mass is 32.1. The van der Waals surface area contributed by atoms with Gasteiger partial charge in [-0.3, -0.25) is 4.99 Å². The first-order valence-electron chi connectivity index (χ1n) is 7.32. The van der Waals surface area contributed by atoms with E-state index in [1.165, 1.54) is 5.01 Å². The molecule has 0 atom stereocenters. The van der Waals surface area contributed by atoms with E-state index in [2.05, 4.69) is 35.9 Å². The number of aliphatic imine (C=N–C) groups is 1. The first-order chi connectivity index (χ1) is 10.6. The zero-order valence-corrected chi connectivity index (χ0v) is 15.2. The van der Waals surface area contributed by atoms with E-state index in [0.717, 1.165) is 48.3 Å². The smallest absolute Gasteiger partial charge is 0.193 e. The Kier molecular flexibility index (Phi) is 6.33. The summed E-state index contributed by atoms with van der Waals surface area (Å²) in [7, 11) is 3.85. The van der Waals surface area contributed by atoms with Crippen molar-refractivity contribution < 1.29 is 0 Å². The minimum absolute atomic E-state index is 0.774. The Morgan fingerprint density at radius 2 is 2.09 bits per heavy atom. The summed E-state index contributed by atoms with van der Waals surface area (Å²) in [5.74, 6) is 0.904. The van der Waals surface area contributed by atoms with Gasteiger partial charge in [0.05, 0.1) is 22.3 Å². The third kappa shape index (κ3) is 5.06. The molecule has 0 unspecified atom stereocenters. The van der Waals surface area contributed by atoms with Crippen LogP contribution in [0.5, 0.6) is 0 Å². The maximum atomic E-state index is 4.49. The van der Waals surface area contributed by atoms with Gasteiger partial charge in [-0.2, -0.15) is 0 Å². The normalized spacial score (nSPS) is 11.7. The summed E-state index contributed by atoms with van der Waals surface area (Å²) >= 11 is 3.42. The predicted octanol–water partition coefficient (Wildman–Crippen LogP) is 2.86. The lowest BCUT2D eigenvalue weighted by molar-refractivity contribution is 0.470. The van der Waals surface area contributed by atoms with E-state index in [9.17, 15) is 0 Å². The van der Waals surface area contributed by atoms with Gasteiger partial charge >= 0.3 is 0 Å². The molecule has 5 nitrogen and oxygen atoms in total. The van der Waals surface area contributed by atoms with Crippen molar-refractivity contribution in [2.45, 2.75) is 33.2 Å². The van der Waals surface area contributed by atoms with Crippen LogP contribution in [0.4, 0.5) is 0 Å². The largest absolute Gasteiger partial charge is 0.356 e. The van der Waals surface area contributed by atoms with Crippen LogP contribution in [0.1, 0.15) is 27.8 Å². The molecular weight excluding hydrogens is 314 g/mol. The third-order valence-electron chi connectivity index (χ3n) is 3.16. The highest BCUT2D eigenvalue weighted by molar-refractivity contribution is 7.09. The van der Waals surface area contributed by atoms with E-state index in [1.807, 2.05) is 27.9 Å². The number of guanidine groups is 1. The molecule has 2 aromatic heterocycles. The van der Waals surface area contributed by atoms with Crippen LogP contribution in [0.15, 0.2) is 15.8 Å². The highest BCUT2D eigenvalue weighted by Gasteiger charge is 2.08. The van der Waals surface area contributed by atoms with E-state index in [1.54, 1.807) is 22.7 Å². The van der Waals surface area contributed by atoms with Gasteiger partial charge in [0.2, 0.25) is 0 Å². The monoisotopic (exact) mass is 337 g/mol. The molecule has 2 rings (SSSR count). The summed E-state index contributed by atoms with van der Waals surface area (Å²) < 4.78 is 0. The number of nitrogens with one attached hydrogen (secondary N) is 1. The molecule has 2 aromatic rings. The van der Waals surface area contributed by atoms with Gasteiger partial charge in [-0.1, -0.05) is 0 Å². The number of hydrogen-bond acceptors (Lipinski definition) is 5. The van der Waals surface area contributed by atoms with Crippen molar-refractivity contribution in [2.24, 2.45) is 4.99 Å². The number of hydrogen-bond donors (Lipinski definition) is 1. The maximum Gasteiger partial charge on any atom is 0.193 e. The molecule has 0 saturated heterocycles. The molecule has 1 N–H and O–H groups in total. The van der Waals surface area contributed by atoms with Crippen molar-refractivity contribution in [2.75, 3.05) is 20.6 Å². The number of aryl methyl sites for hydroxylation is 3. The molecule has 7 heteroatoms.